The molecule has 0 aromatic carbocycles. The van der Waals surface area contributed by atoms with E-state index in [1.165, 1.54) is 5.56 Å². The van der Waals surface area contributed by atoms with Gasteiger partial charge in [-0.25, -0.2) is 0 Å². The number of hydrogen-bond acceptors (Lipinski definition) is 3. The predicted octanol–water partition coefficient (Wildman–Crippen LogP) is 3.71. The molecule has 5 heteroatoms. The van der Waals surface area contributed by atoms with Gasteiger partial charge in [0.15, 0.2) is 0 Å². The van der Waals surface area contributed by atoms with Crippen LogP contribution in [-0.2, 0) is 13.0 Å². The quantitative estimate of drug-likeness (QED) is 0.827. The minimum absolute atomic E-state index is 0.0644. The standard InChI is InChI=1S/C16H23BrN4/c1-4-10-21-16(13(17)11-20-21)15(18-6-3)14-12(5-2)8-7-9-19-14/h7-9,11,15,18H,4-6,10H2,1-3H3. The van der Waals surface area contributed by atoms with E-state index in [1.54, 1.807) is 0 Å². The molecule has 2 heterocycles. The van der Waals surface area contributed by atoms with Gasteiger partial charge in [0.05, 0.1) is 28.1 Å². The second-order valence-corrected chi connectivity index (χ2v) is 5.85. The van der Waals surface area contributed by atoms with E-state index in [9.17, 15) is 0 Å². The molecule has 0 spiro atoms. The number of nitrogens with one attached hydrogen (secondary N) is 1. The van der Waals surface area contributed by atoms with Crippen LogP contribution in [-0.4, -0.2) is 21.3 Å². The third kappa shape index (κ3) is 3.52. The Hall–Kier alpha value is -1.20. The molecule has 0 saturated carbocycles. The zero-order valence-corrected chi connectivity index (χ0v) is 14.5. The minimum atomic E-state index is 0.0644. The lowest BCUT2D eigenvalue weighted by Gasteiger charge is -2.22. The minimum Gasteiger partial charge on any atom is -0.304 e. The summed E-state index contributed by atoms with van der Waals surface area (Å²) in [6, 6.07) is 4.22. The molecule has 0 aliphatic heterocycles. The van der Waals surface area contributed by atoms with Gasteiger partial charge in [-0.3, -0.25) is 9.67 Å². The van der Waals surface area contributed by atoms with Crippen molar-refractivity contribution in [1.29, 1.82) is 0 Å². The van der Waals surface area contributed by atoms with Crippen molar-refractivity contribution in [1.82, 2.24) is 20.1 Å². The molecule has 0 bridgehead atoms. The molecule has 114 valence electrons. The van der Waals surface area contributed by atoms with Crippen molar-refractivity contribution in [2.75, 3.05) is 6.54 Å². The molecule has 2 rings (SSSR count). The Labute approximate surface area is 135 Å². The van der Waals surface area contributed by atoms with E-state index in [1.807, 2.05) is 18.5 Å². The van der Waals surface area contributed by atoms with Crippen molar-refractivity contribution in [2.24, 2.45) is 0 Å². The SMILES string of the molecule is CCCn1ncc(Br)c1C(NCC)c1ncccc1CC. The number of aromatic nitrogens is 3. The van der Waals surface area contributed by atoms with Crippen molar-refractivity contribution in [3.8, 4) is 0 Å². The van der Waals surface area contributed by atoms with Crippen molar-refractivity contribution < 1.29 is 0 Å². The van der Waals surface area contributed by atoms with Crippen LogP contribution in [0, 0.1) is 0 Å². The highest BCUT2D eigenvalue weighted by atomic mass is 79.9. The highest BCUT2D eigenvalue weighted by Crippen LogP contribution is 2.29. The summed E-state index contributed by atoms with van der Waals surface area (Å²) in [6.45, 7) is 8.25. The number of aryl methyl sites for hydroxylation is 2. The lowest BCUT2D eigenvalue weighted by atomic mass is 10.0. The first-order chi connectivity index (χ1) is 10.2. The maximum Gasteiger partial charge on any atom is 0.0936 e. The van der Waals surface area contributed by atoms with Gasteiger partial charge in [-0.1, -0.05) is 26.8 Å². The van der Waals surface area contributed by atoms with Crippen LogP contribution in [0.4, 0.5) is 0 Å². The van der Waals surface area contributed by atoms with Crippen LogP contribution < -0.4 is 5.32 Å². The largest absolute Gasteiger partial charge is 0.304 e. The van der Waals surface area contributed by atoms with E-state index in [0.29, 0.717) is 0 Å². The topological polar surface area (TPSA) is 42.7 Å². The smallest absolute Gasteiger partial charge is 0.0936 e. The lowest BCUT2D eigenvalue weighted by Crippen LogP contribution is -2.27. The summed E-state index contributed by atoms with van der Waals surface area (Å²) < 4.78 is 3.11. The molecular formula is C16H23BrN4. The van der Waals surface area contributed by atoms with Crippen molar-refractivity contribution in [3.63, 3.8) is 0 Å². The molecule has 2 aromatic heterocycles. The highest BCUT2D eigenvalue weighted by molar-refractivity contribution is 9.10. The Morgan fingerprint density at radius 2 is 2.14 bits per heavy atom. The summed E-state index contributed by atoms with van der Waals surface area (Å²) in [6.07, 6.45) is 5.78. The maximum atomic E-state index is 4.64. The summed E-state index contributed by atoms with van der Waals surface area (Å²) in [5, 5.41) is 8.05. The molecule has 0 aliphatic carbocycles. The number of hydrogen-bond donors (Lipinski definition) is 1. The average Bonchev–Trinajstić information content (AvgIpc) is 2.86. The Kier molecular flexibility index (Phi) is 5.94. The first-order valence-electron chi connectivity index (χ1n) is 7.61. The van der Waals surface area contributed by atoms with Crippen molar-refractivity contribution >= 4 is 15.9 Å². The van der Waals surface area contributed by atoms with Crippen LogP contribution in [0.1, 0.15) is 50.2 Å². The highest BCUT2D eigenvalue weighted by Gasteiger charge is 2.23. The fourth-order valence-electron chi connectivity index (χ4n) is 2.59. The van der Waals surface area contributed by atoms with Crippen molar-refractivity contribution in [3.05, 3.63) is 46.0 Å². The summed E-state index contributed by atoms with van der Waals surface area (Å²) in [4.78, 5) is 4.64. The van der Waals surface area contributed by atoms with Gasteiger partial charge in [-0.2, -0.15) is 5.10 Å². The lowest BCUT2D eigenvalue weighted by molar-refractivity contribution is 0.511. The molecular weight excluding hydrogens is 328 g/mol. The van der Waals surface area contributed by atoms with Crippen LogP contribution in [0.15, 0.2) is 29.0 Å². The Balaban J connectivity index is 2.51. The average molecular weight is 351 g/mol. The molecule has 0 radical (unpaired) electrons. The molecule has 0 fully saturated rings. The van der Waals surface area contributed by atoms with E-state index in [4.69, 9.17) is 0 Å². The summed E-state index contributed by atoms with van der Waals surface area (Å²) in [5.74, 6) is 0. The normalized spacial score (nSPS) is 12.6. The first kappa shape index (κ1) is 16.2. The van der Waals surface area contributed by atoms with E-state index >= 15 is 0 Å². The predicted molar refractivity (Wildman–Crippen MR) is 89.4 cm³/mol. The molecule has 0 amide bonds. The number of halogens is 1. The van der Waals surface area contributed by atoms with Crippen LogP contribution in [0.25, 0.3) is 0 Å². The van der Waals surface area contributed by atoms with Crippen LogP contribution in [0.2, 0.25) is 0 Å². The third-order valence-electron chi connectivity index (χ3n) is 3.53. The van der Waals surface area contributed by atoms with Crippen molar-refractivity contribution in [2.45, 2.75) is 46.2 Å². The molecule has 4 nitrogen and oxygen atoms in total. The second kappa shape index (κ2) is 7.71. The van der Waals surface area contributed by atoms with E-state index in [-0.39, 0.29) is 6.04 Å². The molecule has 1 atom stereocenters. The van der Waals surface area contributed by atoms with E-state index in [2.05, 4.69) is 62.8 Å². The molecule has 1 N–H and O–H groups in total. The third-order valence-corrected chi connectivity index (χ3v) is 4.14. The fraction of sp³-hybridized carbons (Fsp3) is 0.500. The Morgan fingerprint density at radius 1 is 1.33 bits per heavy atom. The Morgan fingerprint density at radius 3 is 2.81 bits per heavy atom. The monoisotopic (exact) mass is 350 g/mol. The molecule has 1 unspecified atom stereocenters. The van der Waals surface area contributed by atoms with E-state index in [0.717, 1.165) is 41.8 Å². The molecule has 0 saturated heterocycles. The number of rotatable bonds is 7. The van der Waals surface area contributed by atoms with Gasteiger partial charge < -0.3 is 5.32 Å². The number of pyridine rings is 1. The van der Waals surface area contributed by atoms with Gasteiger partial charge in [-0.15, -0.1) is 0 Å². The fourth-order valence-corrected chi connectivity index (χ4v) is 3.11. The summed E-state index contributed by atoms with van der Waals surface area (Å²) in [5.41, 5.74) is 3.53. The Bertz CT molecular complexity index is 579. The molecule has 21 heavy (non-hydrogen) atoms. The van der Waals surface area contributed by atoms with Gasteiger partial charge in [-0.05, 0) is 46.9 Å². The summed E-state index contributed by atoms with van der Waals surface area (Å²) >= 11 is 3.65. The van der Waals surface area contributed by atoms with Gasteiger partial charge >= 0.3 is 0 Å². The van der Waals surface area contributed by atoms with Gasteiger partial charge in [0.1, 0.15) is 0 Å². The van der Waals surface area contributed by atoms with Crippen LogP contribution >= 0.6 is 15.9 Å². The van der Waals surface area contributed by atoms with Crippen LogP contribution in [0.5, 0.6) is 0 Å². The van der Waals surface area contributed by atoms with Crippen LogP contribution in [0.3, 0.4) is 0 Å². The number of nitrogens with zero attached hydrogens (tertiary/aromatic N) is 3. The summed E-state index contributed by atoms with van der Waals surface area (Å²) in [7, 11) is 0. The second-order valence-electron chi connectivity index (χ2n) is 4.99. The van der Waals surface area contributed by atoms with Gasteiger partial charge in [0, 0.05) is 12.7 Å². The molecule has 2 aromatic rings. The molecule has 0 aliphatic rings. The van der Waals surface area contributed by atoms with E-state index < -0.39 is 0 Å². The first-order valence-corrected chi connectivity index (χ1v) is 8.40. The zero-order valence-electron chi connectivity index (χ0n) is 12.9. The zero-order chi connectivity index (χ0) is 15.2. The van der Waals surface area contributed by atoms with Gasteiger partial charge in [0.25, 0.3) is 0 Å². The maximum absolute atomic E-state index is 4.64. The van der Waals surface area contributed by atoms with Gasteiger partial charge in [0.2, 0.25) is 0 Å².